The highest BCUT2D eigenvalue weighted by molar-refractivity contribution is 5.73. The molecule has 0 bridgehead atoms. The maximum absolute atomic E-state index is 13.5. The molecule has 6 nitrogen and oxygen atoms in total. The monoisotopic (exact) mass is 566 g/mol. The second-order valence-electron chi connectivity index (χ2n) is 10.2. The van der Waals surface area contributed by atoms with Crippen molar-refractivity contribution in [2.45, 2.75) is 44.0 Å². The molecule has 4 rings (SSSR count). The Kier molecular flexibility index (Phi) is 11.4. The number of unbranched alkanes of at least 4 members (excludes halogenated alkanes) is 1. The van der Waals surface area contributed by atoms with Crippen LogP contribution in [0.4, 0.5) is 0 Å². The van der Waals surface area contributed by atoms with Gasteiger partial charge in [-0.3, -0.25) is 9.59 Å². The van der Waals surface area contributed by atoms with E-state index in [1.807, 2.05) is 121 Å². The van der Waals surface area contributed by atoms with E-state index in [4.69, 9.17) is 14.2 Å². The summed E-state index contributed by atoms with van der Waals surface area (Å²) in [5, 5.41) is 11.3. The van der Waals surface area contributed by atoms with Crippen molar-refractivity contribution in [2.75, 3.05) is 13.7 Å². The zero-order chi connectivity index (χ0) is 29.6. The summed E-state index contributed by atoms with van der Waals surface area (Å²) < 4.78 is 17.3. The summed E-state index contributed by atoms with van der Waals surface area (Å²) in [7, 11) is 1.35. The lowest BCUT2D eigenvalue weighted by Gasteiger charge is -2.37. The van der Waals surface area contributed by atoms with Crippen LogP contribution in [0, 0.1) is 5.92 Å². The molecular formula is C36H38O6. The lowest BCUT2D eigenvalue weighted by Crippen LogP contribution is -2.40. The van der Waals surface area contributed by atoms with Crippen LogP contribution in [0.25, 0.3) is 0 Å². The number of carbonyl (C=O) groups excluding carboxylic acids is 2. The number of aliphatic hydroxyl groups is 1. The van der Waals surface area contributed by atoms with E-state index in [1.54, 1.807) is 0 Å². The first-order valence-electron chi connectivity index (χ1n) is 14.3. The predicted octanol–water partition coefficient (Wildman–Crippen LogP) is 6.45. The van der Waals surface area contributed by atoms with Gasteiger partial charge in [-0.2, -0.15) is 0 Å². The fourth-order valence-electron chi connectivity index (χ4n) is 5.08. The number of rotatable bonds is 15. The van der Waals surface area contributed by atoms with Crippen molar-refractivity contribution in [3.8, 4) is 0 Å². The molecule has 6 heteroatoms. The van der Waals surface area contributed by atoms with Gasteiger partial charge in [0.05, 0.1) is 19.8 Å². The van der Waals surface area contributed by atoms with Gasteiger partial charge in [-0.1, -0.05) is 128 Å². The van der Waals surface area contributed by atoms with Gasteiger partial charge in [-0.05, 0) is 35.1 Å². The van der Waals surface area contributed by atoms with Crippen molar-refractivity contribution in [1.82, 2.24) is 0 Å². The molecule has 0 unspecified atom stereocenters. The summed E-state index contributed by atoms with van der Waals surface area (Å²) in [6, 6.07) is 39.1. The maximum Gasteiger partial charge on any atom is 0.314 e. The molecule has 0 radical (unpaired) electrons. The number of esters is 2. The molecule has 0 heterocycles. The second-order valence-corrected chi connectivity index (χ2v) is 10.2. The highest BCUT2D eigenvalue weighted by Crippen LogP contribution is 2.41. The SMILES string of the molecule is COC(=O)CCCC[C@H](O)[C@H](COC(c1ccccc1)(c1ccccc1)c1ccccc1)C(=O)OCc1ccccc1. The first-order valence-corrected chi connectivity index (χ1v) is 14.3. The number of hydrogen-bond donors (Lipinski definition) is 1. The Morgan fingerprint density at radius 3 is 1.67 bits per heavy atom. The molecule has 0 fully saturated rings. The summed E-state index contributed by atoms with van der Waals surface area (Å²) in [6.07, 6.45) is 0.603. The minimum absolute atomic E-state index is 0.0897. The number of aliphatic hydroxyl groups excluding tert-OH is 1. The first kappa shape index (κ1) is 30.7. The summed E-state index contributed by atoms with van der Waals surface area (Å²) in [6.45, 7) is -0.00307. The smallest absolute Gasteiger partial charge is 0.314 e. The fraction of sp³-hybridized carbons (Fsp3) is 0.278. The number of benzene rings is 4. The van der Waals surface area contributed by atoms with Gasteiger partial charge in [0.25, 0.3) is 0 Å². The van der Waals surface area contributed by atoms with Gasteiger partial charge in [0, 0.05) is 6.42 Å². The molecule has 0 aliphatic carbocycles. The van der Waals surface area contributed by atoms with Gasteiger partial charge < -0.3 is 19.3 Å². The molecule has 4 aromatic carbocycles. The Morgan fingerprint density at radius 1 is 0.714 bits per heavy atom. The molecule has 218 valence electrons. The Bertz CT molecular complexity index is 1260. The topological polar surface area (TPSA) is 82.1 Å². The number of hydrogen-bond acceptors (Lipinski definition) is 6. The largest absolute Gasteiger partial charge is 0.469 e. The van der Waals surface area contributed by atoms with Gasteiger partial charge in [0.1, 0.15) is 18.1 Å². The van der Waals surface area contributed by atoms with Crippen molar-refractivity contribution < 1.29 is 28.9 Å². The van der Waals surface area contributed by atoms with Crippen molar-refractivity contribution in [2.24, 2.45) is 5.92 Å². The quantitative estimate of drug-likeness (QED) is 0.101. The minimum Gasteiger partial charge on any atom is -0.469 e. The lowest BCUT2D eigenvalue weighted by molar-refractivity contribution is -0.160. The first-order chi connectivity index (χ1) is 20.5. The molecule has 0 aromatic heterocycles. The third-order valence-electron chi connectivity index (χ3n) is 7.37. The molecule has 42 heavy (non-hydrogen) atoms. The average Bonchev–Trinajstić information content (AvgIpc) is 3.05. The third kappa shape index (κ3) is 7.93. The van der Waals surface area contributed by atoms with Crippen molar-refractivity contribution in [1.29, 1.82) is 0 Å². The Labute approximate surface area is 247 Å². The fourth-order valence-corrected chi connectivity index (χ4v) is 5.08. The van der Waals surface area contributed by atoms with Crippen LogP contribution in [0.3, 0.4) is 0 Å². The molecule has 1 N–H and O–H groups in total. The molecule has 0 amide bonds. The van der Waals surface area contributed by atoms with E-state index in [0.717, 1.165) is 22.3 Å². The van der Waals surface area contributed by atoms with Crippen LogP contribution in [0.5, 0.6) is 0 Å². The van der Waals surface area contributed by atoms with Crippen LogP contribution in [-0.2, 0) is 36.0 Å². The molecule has 0 spiro atoms. The summed E-state index contributed by atoms with van der Waals surface area (Å²) >= 11 is 0. The highest BCUT2D eigenvalue weighted by atomic mass is 16.5. The molecule has 2 atom stereocenters. The van der Waals surface area contributed by atoms with Gasteiger partial charge in [-0.15, -0.1) is 0 Å². The Morgan fingerprint density at radius 2 is 1.19 bits per heavy atom. The van der Waals surface area contributed by atoms with Crippen LogP contribution in [-0.4, -0.2) is 36.9 Å². The van der Waals surface area contributed by atoms with Crippen LogP contribution < -0.4 is 0 Å². The zero-order valence-corrected chi connectivity index (χ0v) is 23.9. The maximum atomic E-state index is 13.5. The molecule has 4 aromatic rings. The van der Waals surface area contributed by atoms with Gasteiger partial charge in [0.15, 0.2) is 0 Å². The molecule has 0 aliphatic heterocycles. The molecule has 0 aliphatic rings. The lowest BCUT2D eigenvalue weighted by atomic mass is 9.80. The molecular weight excluding hydrogens is 528 g/mol. The molecule has 0 saturated carbocycles. The van der Waals surface area contributed by atoms with E-state index in [0.29, 0.717) is 19.3 Å². The van der Waals surface area contributed by atoms with Crippen LogP contribution in [0.15, 0.2) is 121 Å². The van der Waals surface area contributed by atoms with E-state index in [2.05, 4.69) is 0 Å². The predicted molar refractivity (Wildman–Crippen MR) is 161 cm³/mol. The normalized spacial score (nSPS) is 12.7. The average molecular weight is 567 g/mol. The second kappa shape index (κ2) is 15.7. The van der Waals surface area contributed by atoms with Gasteiger partial charge in [-0.25, -0.2) is 0 Å². The van der Waals surface area contributed by atoms with E-state index in [9.17, 15) is 14.7 Å². The summed E-state index contributed by atoms with van der Waals surface area (Å²) in [5.41, 5.74) is 2.49. The van der Waals surface area contributed by atoms with Crippen molar-refractivity contribution >= 4 is 11.9 Å². The van der Waals surface area contributed by atoms with E-state index < -0.39 is 23.6 Å². The van der Waals surface area contributed by atoms with Gasteiger partial charge >= 0.3 is 11.9 Å². The molecule has 0 saturated heterocycles. The third-order valence-corrected chi connectivity index (χ3v) is 7.37. The van der Waals surface area contributed by atoms with Gasteiger partial charge in [0.2, 0.25) is 0 Å². The number of carbonyl (C=O) groups is 2. The number of methoxy groups -OCH3 is 1. The minimum atomic E-state index is -1.05. The van der Waals surface area contributed by atoms with Crippen LogP contribution in [0.2, 0.25) is 0 Å². The zero-order valence-electron chi connectivity index (χ0n) is 23.9. The Balaban J connectivity index is 1.64. The Hall–Kier alpha value is -4.26. The van der Waals surface area contributed by atoms with E-state index in [1.165, 1.54) is 7.11 Å². The van der Waals surface area contributed by atoms with E-state index >= 15 is 0 Å². The van der Waals surface area contributed by atoms with Crippen LogP contribution >= 0.6 is 0 Å². The summed E-state index contributed by atoms with van der Waals surface area (Å²) in [5.74, 6) is -1.80. The highest BCUT2D eigenvalue weighted by Gasteiger charge is 2.40. The van der Waals surface area contributed by atoms with E-state index in [-0.39, 0.29) is 25.6 Å². The van der Waals surface area contributed by atoms with Crippen molar-refractivity contribution in [3.63, 3.8) is 0 Å². The standard InChI is InChI=1S/C36H38O6/c1-40-34(38)25-15-14-24-33(37)32(35(39)41-26-28-16-6-2-7-17-28)27-42-36(29-18-8-3-9-19-29,30-20-10-4-11-21-30)31-22-12-5-13-23-31/h2-13,16-23,32-33,37H,14-15,24-27H2,1H3/t32-,33-/m0/s1. The van der Waals surface area contributed by atoms with Crippen molar-refractivity contribution in [3.05, 3.63) is 144 Å². The van der Waals surface area contributed by atoms with Crippen LogP contribution in [0.1, 0.15) is 47.9 Å². The number of ether oxygens (including phenoxy) is 3. The summed E-state index contributed by atoms with van der Waals surface area (Å²) in [4.78, 5) is 25.1.